The molecule has 0 amide bonds. The molecule has 2 saturated carbocycles. The molecule has 0 spiro atoms. The second-order valence-corrected chi connectivity index (χ2v) is 5.84. The van der Waals surface area contributed by atoms with E-state index < -0.39 is 0 Å². The summed E-state index contributed by atoms with van der Waals surface area (Å²) in [5, 5.41) is 15.8. The zero-order valence-corrected chi connectivity index (χ0v) is 14.7. The van der Waals surface area contributed by atoms with Crippen molar-refractivity contribution in [2.24, 2.45) is 23.3 Å². The largest absolute Gasteiger partial charge is 0.331 e. The molecule has 0 saturated heterocycles. The van der Waals surface area contributed by atoms with Crippen LogP contribution in [0.1, 0.15) is 78.1 Å². The molecule has 22 heavy (non-hydrogen) atoms. The first-order valence-corrected chi connectivity index (χ1v) is 8.80. The van der Waals surface area contributed by atoms with E-state index in [4.69, 9.17) is 22.0 Å². The van der Waals surface area contributed by atoms with Gasteiger partial charge in [0.15, 0.2) is 0 Å². The Morgan fingerprint density at radius 1 is 0.864 bits per heavy atom. The first-order valence-electron chi connectivity index (χ1n) is 8.80. The van der Waals surface area contributed by atoms with Crippen LogP contribution < -0.4 is 11.5 Å². The van der Waals surface area contributed by atoms with Gasteiger partial charge < -0.3 is 11.5 Å². The van der Waals surface area contributed by atoms with E-state index in [2.05, 4.69) is 6.07 Å². The van der Waals surface area contributed by atoms with Crippen LogP contribution in [-0.2, 0) is 0 Å². The molecule has 4 nitrogen and oxygen atoms in total. The summed E-state index contributed by atoms with van der Waals surface area (Å²) in [6, 6.07) is 4.05. The summed E-state index contributed by atoms with van der Waals surface area (Å²) in [6.07, 6.45) is 13.2. The van der Waals surface area contributed by atoms with Crippen molar-refractivity contribution >= 4 is 0 Å². The average Bonchev–Trinajstić information content (AvgIpc) is 2.58. The summed E-state index contributed by atoms with van der Waals surface area (Å²) < 4.78 is 0. The summed E-state index contributed by atoms with van der Waals surface area (Å²) in [6.45, 7) is 5.00. The van der Waals surface area contributed by atoms with E-state index >= 15 is 0 Å². The van der Waals surface area contributed by atoms with Gasteiger partial charge in [0.05, 0.1) is 12.1 Å². The first-order chi connectivity index (χ1) is 10.7. The Morgan fingerprint density at radius 2 is 1.23 bits per heavy atom. The number of nitrogens with two attached hydrogens (primary N) is 2. The molecule has 128 valence electrons. The van der Waals surface area contributed by atoms with Crippen LogP contribution in [-0.4, -0.2) is 13.1 Å². The fourth-order valence-electron chi connectivity index (χ4n) is 2.65. The van der Waals surface area contributed by atoms with Gasteiger partial charge in [-0.25, -0.2) is 0 Å². The lowest BCUT2D eigenvalue weighted by molar-refractivity contribution is 0.366. The molecule has 4 N–H and O–H groups in total. The fourth-order valence-corrected chi connectivity index (χ4v) is 2.65. The van der Waals surface area contributed by atoms with Crippen molar-refractivity contribution in [3.8, 4) is 12.1 Å². The number of rotatable bonds is 1. The van der Waals surface area contributed by atoms with E-state index in [0.717, 1.165) is 31.8 Å². The van der Waals surface area contributed by atoms with E-state index in [1.54, 1.807) is 6.07 Å². The van der Waals surface area contributed by atoms with Gasteiger partial charge in [-0.05, 0) is 44.7 Å². The monoisotopic (exact) mass is 308 g/mol. The second kappa shape index (κ2) is 19.9. The third-order valence-electron chi connectivity index (χ3n) is 3.85. The number of nitriles is 2. The van der Waals surface area contributed by atoms with Crippen molar-refractivity contribution in [1.29, 1.82) is 10.5 Å². The third-order valence-corrected chi connectivity index (χ3v) is 3.85. The van der Waals surface area contributed by atoms with Crippen molar-refractivity contribution in [1.82, 2.24) is 0 Å². The van der Waals surface area contributed by atoms with Gasteiger partial charge in [-0.2, -0.15) is 10.5 Å². The lowest BCUT2D eigenvalue weighted by atomic mass is 9.90. The maximum absolute atomic E-state index is 8.44. The molecule has 0 heterocycles. The Hall–Kier alpha value is -1.10. The molecule has 0 aromatic heterocycles. The van der Waals surface area contributed by atoms with Crippen LogP contribution in [0.5, 0.6) is 0 Å². The smallest absolute Gasteiger partial charge is 0.0655 e. The number of nitrogens with zero attached hydrogens (tertiary/aromatic N) is 2. The van der Waals surface area contributed by atoms with Gasteiger partial charge in [0.2, 0.25) is 0 Å². The average molecular weight is 309 g/mol. The molecule has 0 aromatic rings. The van der Waals surface area contributed by atoms with Crippen molar-refractivity contribution in [2.75, 3.05) is 13.1 Å². The maximum Gasteiger partial charge on any atom is 0.0655 e. The molecular weight excluding hydrogens is 272 g/mol. The van der Waals surface area contributed by atoms with Gasteiger partial charge >= 0.3 is 0 Å². The number of hydrogen-bond donors (Lipinski definition) is 2. The summed E-state index contributed by atoms with van der Waals surface area (Å²) in [4.78, 5) is 0. The van der Waals surface area contributed by atoms with E-state index in [-0.39, 0.29) is 0 Å². The van der Waals surface area contributed by atoms with Gasteiger partial charge in [-0.3, -0.25) is 0 Å². The zero-order chi connectivity index (χ0) is 17.1. The Bertz CT molecular complexity index is 278. The molecule has 2 rings (SSSR count). The summed E-state index contributed by atoms with van der Waals surface area (Å²) >= 11 is 0. The first kappa shape index (κ1) is 23.2. The lowest BCUT2D eigenvalue weighted by Gasteiger charge is -2.18. The molecule has 2 fully saturated rings. The molecular formula is C18H36N4. The molecule has 0 aliphatic heterocycles. The normalized spacial score (nSPS) is 17.9. The van der Waals surface area contributed by atoms with E-state index in [9.17, 15) is 0 Å². The predicted octanol–water partition coefficient (Wildman–Crippen LogP) is 4.11. The Kier molecular flexibility index (Phi) is 21.0. The van der Waals surface area contributed by atoms with Crippen molar-refractivity contribution in [2.45, 2.75) is 78.1 Å². The van der Waals surface area contributed by atoms with Crippen molar-refractivity contribution in [3.63, 3.8) is 0 Å². The van der Waals surface area contributed by atoms with Crippen LogP contribution >= 0.6 is 0 Å². The van der Waals surface area contributed by atoms with E-state index in [1.807, 2.05) is 6.92 Å². The van der Waals surface area contributed by atoms with Crippen LogP contribution in [0, 0.1) is 34.5 Å². The van der Waals surface area contributed by atoms with Gasteiger partial charge in [0.25, 0.3) is 0 Å². The fraction of sp³-hybridized carbons (Fsp3) is 0.889. The molecule has 2 aliphatic carbocycles. The molecule has 0 radical (unpaired) electrons. The van der Waals surface area contributed by atoms with Gasteiger partial charge in [-0.1, -0.05) is 45.4 Å². The molecule has 0 bridgehead atoms. The second-order valence-electron chi connectivity index (χ2n) is 5.84. The minimum absolute atomic E-state index is 0.392. The topological polar surface area (TPSA) is 99.6 Å². The summed E-state index contributed by atoms with van der Waals surface area (Å²) in [7, 11) is 0. The minimum Gasteiger partial charge on any atom is -0.331 e. The molecule has 0 atom stereocenters. The predicted molar refractivity (Wildman–Crippen MR) is 93.8 cm³/mol. The van der Waals surface area contributed by atoms with Crippen LogP contribution in [0.3, 0.4) is 0 Å². The van der Waals surface area contributed by atoms with Crippen LogP contribution in [0.4, 0.5) is 0 Å². The van der Waals surface area contributed by atoms with Crippen molar-refractivity contribution < 1.29 is 0 Å². The SMILES string of the molecule is CC#N.CCN.N#CC1CCCCC1.NCC1CCCCC1. The maximum atomic E-state index is 8.44. The Morgan fingerprint density at radius 3 is 1.45 bits per heavy atom. The minimum atomic E-state index is 0.392. The highest BCUT2D eigenvalue weighted by atomic mass is 14.5. The molecule has 4 heteroatoms. The summed E-state index contributed by atoms with van der Waals surface area (Å²) in [5.74, 6) is 1.26. The number of hydrogen-bond acceptors (Lipinski definition) is 4. The van der Waals surface area contributed by atoms with Crippen LogP contribution in [0.2, 0.25) is 0 Å². The van der Waals surface area contributed by atoms with Crippen molar-refractivity contribution in [3.05, 3.63) is 0 Å². The third kappa shape index (κ3) is 17.0. The van der Waals surface area contributed by atoms with Crippen LogP contribution in [0.25, 0.3) is 0 Å². The molecule has 0 unspecified atom stereocenters. The highest BCUT2D eigenvalue weighted by molar-refractivity contribution is 4.84. The summed E-state index contributed by atoms with van der Waals surface area (Å²) in [5.41, 5.74) is 10.4. The van der Waals surface area contributed by atoms with Gasteiger partial charge in [0, 0.05) is 12.8 Å². The van der Waals surface area contributed by atoms with Gasteiger partial charge in [0.1, 0.15) is 0 Å². The Balaban J connectivity index is 0. The van der Waals surface area contributed by atoms with Gasteiger partial charge in [-0.15, -0.1) is 0 Å². The molecule has 2 aliphatic rings. The van der Waals surface area contributed by atoms with Crippen LogP contribution in [0.15, 0.2) is 0 Å². The zero-order valence-electron chi connectivity index (χ0n) is 14.7. The molecule has 0 aromatic carbocycles. The lowest BCUT2D eigenvalue weighted by Crippen LogP contribution is -2.16. The standard InChI is InChI=1S/C7H15N.C7H11N.C2H7N.C2H3N/c2*8-6-7-4-2-1-3-5-7;2*1-2-3/h7H,1-6,8H2;7H,1-5H2;2-3H2,1H3;1H3. The van der Waals surface area contributed by atoms with E-state index in [0.29, 0.717) is 5.92 Å². The Labute approximate surface area is 137 Å². The quantitative estimate of drug-likeness (QED) is 0.761. The van der Waals surface area contributed by atoms with E-state index in [1.165, 1.54) is 58.3 Å². The highest BCUT2D eigenvalue weighted by Crippen LogP contribution is 2.22. The highest BCUT2D eigenvalue weighted by Gasteiger charge is 2.11.